The van der Waals surface area contributed by atoms with Crippen LogP contribution < -0.4 is 5.32 Å². The van der Waals surface area contributed by atoms with Crippen LogP contribution in [0.3, 0.4) is 0 Å². The fraction of sp³-hybridized carbons (Fsp3) is 0.562. The lowest BCUT2D eigenvalue weighted by Gasteiger charge is -2.32. The van der Waals surface area contributed by atoms with Crippen LogP contribution in [0.15, 0.2) is 30.3 Å². The quantitative estimate of drug-likeness (QED) is 0.840. The Morgan fingerprint density at radius 2 is 1.62 bits per heavy atom. The van der Waals surface area contributed by atoms with Crippen molar-refractivity contribution in [2.24, 2.45) is 0 Å². The molecule has 0 radical (unpaired) electrons. The Morgan fingerprint density at radius 1 is 1.12 bits per heavy atom. The predicted octanol–water partition coefficient (Wildman–Crippen LogP) is 4.04. The number of nitrogens with one attached hydrogen (secondary N) is 1. The highest BCUT2D eigenvalue weighted by Gasteiger charge is 2.60. The smallest absolute Gasteiger partial charge is 0.403 e. The molecule has 2 rings (SSSR count). The Labute approximate surface area is 139 Å². The van der Waals surface area contributed by atoms with E-state index in [1.807, 2.05) is 0 Å². The van der Waals surface area contributed by atoms with Gasteiger partial charge in [-0.2, -0.15) is 13.2 Å². The van der Waals surface area contributed by atoms with Gasteiger partial charge >= 0.3 is 13.3 Å². The first-order chi connectivity index (χ1) is 10.9. The molecule has 24 heavy (non-hydrogen) atoms. The highest BCUT2D eigenvalue weighted by atomic mass is 19.4. The van der Waals surface area contributed by atoms with Gasteiger partial charge in [0.2, 0.25) is 5.91 Å². The second-order valence-corrected chi connectivity index (χ2v) is 6.89. The lowest BCUT2D eigenvalue weighted by Crippen LogP contribution is -2.41. The van der Waals surface area contributed by atoms with Crippen molar-refractivity contribution in [3.8, 4) is 0 Å². The van der Waals surface area contributed by atoms with E-state index in [4.69, 9.17) is 9.31 Å². The van der Waals surface area contributed by atoms with Crippen LogP contribution in [0.2, 0.25) is 5.82 Å². The number of anilines is 1. The first-order valence-corrected chi connectivity index (χ1v) is 7.70. The number of hydrogen-bond acceptors (Lipinski definition) is 3. The van der Waals surface area contributed by atoms with Crippen molar-refractivity contribution in [1.29, 1.82) is 0 Å². The third kappa shape index (κ3) is 4.10. The molecule has 132 valence electrons. The zero-order chi connectivity index (χ0) is 18.2. The van der Waals surface area contributed by atoms with E-state index < -0.39 is 42.6 Å². The Morgan fingerprint density at radius 3 is 2.08 bits per heavy atom. The average molecular weight is 343 g/mol. The summed E-state index contributed by atoms with van der Waals surface area (Å²) in [6.07, 6.45) is -5.38. The third-order valence-electron chi connectivity index (χ3n) is 4.48. The van der Waals surface area contributed by atoms with Gasteiger partial charge in [-0.3, -0.25) is 4.79 Å². The van der Waals surface area contributed by atoms with Gasteiger partial charge in [0.05, 0.1) is 17.0 Å². The maximum Gasteiger partial charge on any atom is 0.471 e. The van der Waals surface area contributed by atoms with Crippen LogP contribution in [-0.4, -0.2) is 30.4 Å². The highest BCUT2D eigenvalue weighted by molar-refractivity contribution is 6.48. The Bertz CT molecular complexity index is 574. The summed E-state index contributed by atoms with van der Waals surface area (Å²) in [6.45, 7) is 6.68. The summed E-state index contributed by atoms with van der Waals surface area (Å²) >= 11 is 0. The minimum absolute atomic E-state index is 0.442. The summed E-state index contributed by atoms with van der Waals surface area (Å²) in [5, 5.41) is 2.46. The summed E-state index contributed by atoms with van der Waals surface area (Å²) < 4.78 is 51.3. The molecule has 0 aromatic heterocycles. The van der Waals surface area contributed by atoms with Gasteiger partial charge in [-0.15, -0.1) is 0 Å². The SMILES string of the molecule is CC1(C)OB(C(CC(=O)Nc2ccccc2)C(F)(F)F)OC1(C)C. The van der Waals surface area contributed by atoms with E-state index in [0.29, 0.717) is 5.69 Å². The number of amides is 1. The molecule has 1 atom stereocenters. The van der Waals surface area contributed by atoms with Crippen LogP contribution in [0.4, 0.5) is 18.9 Å². The van der Waals surface area contributed by atoms with Crippen molar-refractivity contribution in [3.63, 3.8) is 0 Å². The van der Waals surface area contributed by atoms with Crippen molar-refractivity contribution >= 4 is 18.7 Å². The molecule has 1 heterocycles. The molecule has 0 saturated carbocycles. The summed E-state index contributed by atoms with van der Waals surface area (Å²) in [5.74, 6) is -2.78. The molecule has 1 aliphatic heterocycles. The standard InChI is InChI=1S/C16H21BF3NO3/c1-14(2)15(3,4)24-17(23-14)12(16(18,19)20)10-13(22)21-11-8-6-5-7-9-11/h5-9,12H,10H2,1-4H3,(H,21,22). The summed E-state index contributed by atoms with van der Waals surface area (Å²) in [6, 6.07) is 8.33. The van der Waals surface area contributed by atoms with Crippen molar-refractivity contribution in [2.45, 2.75) is 57.3 Å². The first kappa shape index (κ1) is 18.8. The number of halogens is 3. The molecule has 0 spiro atoms. The van der Waals surface area contributed by atoms with Gasteiger partial charge in [0.15, 0.2) is 0 Å². The van der Waals surface area contributed by atoms with E-state index in [2.05, 4.69) is 5.32 Å². The zero-order valence-corrected chi connectivity index (χ0v) is 14.1. The monoisotopic (exact) mass is 343 g/mol. The van der Waals surface area contributed by atoms with Gasteiger partial charge in [0, 0.05) is 12.1 Å². The minimum atomic E-state index is -4.62. The van der Waals surface area contributed by atoms with E-state index in [1.165, 1.54) is 0 Å². The van der Waals surface area contributed by atoms with E-state index in [1.54, 1.807) is 58.0 Å². The van der Waals surface area contributed by atoms with Gasteiger partial charge in [-0.05, 0) is 39.8 Å². The second-order valence-electron chi connectivity index (χ2n) is 6.89. The number of carbonyl (C=O) groups excluding carboxylic acids is 1. The molecule has 1 fully saturated rings. The lowest BCUT2D eigenvalue weighted by molar-refractivity contribution is -0.146. The van der Waals surface area contributed by atoms with E-state index in [0.717, 1.165) is 0 Å². The number of benzene rings is 1. The molecule has 8 heteroatoms. The van der Waals surface area contributed by atoms with Crippen molar-refractivity contribution in [3.05, 3.63) is 30.3 Å². The summed E-state index contributed by atoms with van der Waals surface area (Å²) in [5.41, 5.74) is -1.34. The Balaban J connectivity index is 2.12. The van der Waals surface area contributed by atoms with Gasteiger partial charge in [-0.25, -0.2) is 0 Å². The molecule has 1 amide bonds. The maximum atomic E-state index is 13.4. The average Bonchev–Trinajstić information content (AvgIpc) is 2.64. The first-order valence-electron chi connectivity index (χ1n) is 7.70. The van der Waals surface area contributed by atoms with Crippen LogP contribution in [-0.2, 0) is 14.1 Å². The van der Waals surface area contributed by atoms with Gasteiger partial charge in [-0.1, -0.05) is 18.2 Å². The summed E-state index contributed by atoms with van der Waals surface area (Å²) in [7, 11) is -1.52. The van der Waals surface area contributed by atoms with Crippen molar-refractivity contribution < 1.29 is 27.3 Å². The van der Waals surface area contributed by atoms with Crippen LogP contribution in [0, 0.1) is 0 Å². The van der Waals surface area contributed by atoms with Gasteiger partial charge < -0.3 is 14.6 Å². The van der Waals surface area contributed by atoms with Crippen LogP contribution >= 0.6 is 0 Å². The molecule has 1 aromatic rings. The normalized spacial score (nSPS) is 20.7. The number of hydrogen-bond donors (Lipinski definition) is 1. The molecule has 1 N–H and O–H groups in total. The van der Waals surface area contributed by atoms with Gasteiger partial charge in [0.1, 0.15) is 0 Å². The summed E-state index contributed by atoms with van der Waals surface area (Å²) in [4.78, 5) is 12.0. The molecular weight excluding hydrogens is 322 g/mol. The Kier molecular flexibility index (Phi) is 5.02. The molecule has 1 aliphatic rings. The number of para-hydroxylation sites is 1. The van der Waals surface area contributed by atoms with Crippen molar-refractivity contribution in [1.82, 2.24) is 0 Å². The topological polar surface area (TPSA) is 47.6 Å². The number of carbonyl (C=O) groups is 1. The molecule has 1 unspecified atom stereocenters. The molecule has 1 aromatic carbocycles. The van der Waals surface area contributed by atoms with Gasteiger partial charge in [0.25, 0.3) is 0 Å². The maximum absolute atomic E-state index is 13.4. The molecule has 1 saturated heterocycles. The molecule has 4 nitrogen and oxygen atoms in total. The zero-order valence-electron chi connectivity index (χ0n) is 14.1. The van der Waals surface area contributed by atoms with Crippen LogP contribution in [0.1, 0.15) is 34.1 Å². The van der Waals surface area contributed by atoms with E-state index in [9.17, 15) is 18.0 Å². The fourth-order valence-corrected chi connectivity index (χ4v) is 2.35. The molecule has 0 aliphatic carbocycles. The van der Waals surface area contributed by atoms with Crippen molar-refractivity contribution in [2.75, 3.05) is 5.32 Å². The van der Waals surface area contributed by atoms with Crippen LogP contribution in [0.25, 0.3) is 0 Å². The third-order valence-corrected chi connectivity index (χ3v) is 4.48. The largest absolute Gasteiger partial charge is 0.471 e. The second kappa shape index (κ2) is 6.40. The highest BCUT2D eigenvalue weighted by Crippen LogP contribution is 2.46. The fourth-order valence-electron chi connectivity index (χ4n) is 2.35. The minimum Gasteiger partial charge on any atom is -0.403 e. The van der Waals surface area contributed by atoms with E-state index >= 15 is 0 Å². The van der Waals surface area contributed by atoms with Crippen LogP contribution in [0.5, 0.6) is 0 Å². The number of rotatable bonds is 4. The predicted molar refractivity (Wildman–Crippen MR) is 85.6 cm³/mol. The van der Waals surface area contributed by atoms with E-state index in [-0.39, 0.29) is 0 Å². The lowest BCUT2D eigenvalue weighted by atomic mass is 9.69. The number of alkyl halides is 3. The Hall–Kier alpha value is -1.54. The molecular formula is C16H21BF3NO3. The molecule has 0 bridgehead atoms.